The van der Waals surface area contributed by atoms with E-state index in [1.165, 1.54) is 7.11 Å². The molecule has 1 fully saturated rings. The molecule has 2 amide bonds. The first-order valence-corrected chi connectivity index (χ1v) is 5.77. The van der Waals surface area contributed by atoms with E-state index in [-0.39, 0.29) is 17.7 Å². The highest BCUT2D eigenvalue weighted by Crippen LogP contribution is 2.21. The lowest BCUT2D eigenvalue weighted by Gasteiger charge is -2.21. The minimum atomic E-state index is -0.201. The van der Waals surface area contributed by atoms with Gasteiger partial charge < -0.3 is 15.4 Å². The van der Waals surface area contributed by atoms with Crippen LogP contribution in [0.4, 0.5) is 5.69 Å². The predicted octanol–water partition coefficient (Wildman–Crippen LogP) is 0.555. The average Bonchev–Trinajstić information content (AvgIpc) is 2.40. The van der Waals surface area contributed by atoms with E-state index in [1.54, 1.807) is 18.3 Å². The summed E-state index contributed by atoms with van der Waals surface area (Å²) in [6.07, 6.45) is 2.55. The number of carbonyl (C=O) groups is 2. The third-order valence-corrected chi connectivity index (χ3v) is 2.86. The summed E-state index contributed by atoms with van der Waals surface area (Å²) in [4.78, 5) is 27.0. The second kappa shape index (κ2) is 5.48. The van der Waals surface area contributed by atoms with E-state index in [0.29, 0.717) is 31.0 Å². The van der Waals surface area contributed by atoms with E-state index in [1.807, 2.05) is 0 Å². The number of aromatic nitrogens is 1. The van der Waals surface area contributed by atoms with E-state index in [4.69, 9.17) is 4.74 Å². The Labute approximate surface area is 105 Å². The minimum Gasteiger partial charge on any atom is -0.480 e. The molecule has 96 valence electrons. The molecular formula is C12H15N3O3. The van der Waals surface area contributed by atoms with Crippen LogP contribution < -0.4 is 15.4 Å². The second-order valence-corrected chi connectivity index (χ2v) is 4.09. The Morgan fingerprint density at radius 2 is 2.44 bits per heavy atom. The zero-order chi connectivity index (χ0) is 13.0. The largest absolute Gasteiger partial charge is 0.480 e. The van der Waals surface area contributed by atoms with Gasteiger partial charge in [0, 0.05) is 19.2 Å². The molecule has 6 nitrogen and oxygen atoms in total. The molecule has 0 bridgehead atoms. The van der Waals surface area contributed by atoms with Gasteiger partial charge in [-0.25, -0.2) is 4.98 Å². The molecule has 0 saturated carbocycles. The summed E-state index contributed by atoms with van der Waals surface area (Å²) in [5, 5.41) is 5.45. The molecule has 1 atom stereocenters. The summed E-state index contributed by atoms with van der Waals surface area (Å²) < 4.78 is 5.06. The summed E-state index contributed by atoms with van der Waals surface area (Å²) in [5.74, 6) is 0.0533. The molecule has 0 unspecified atom stereocenters. The monoisotopic (exact) mass is 249 g/mol. The number of rotatable bonds is 3. The maximum atomic E-state index is 12.0. The number of hydrogen-bond donors (Lipinski definition) is 2. The van der Waals surface area contributed by atoms with Gasteiger partial charge in [-0.15, -0.1) is 0 Å². The fraction of sp³-hybridized carbons (Fsp3) is 0.417. The molecule has 18 heavy (non-hydrogen) atoms. The Balaban J connectivity index is 2.00. The van der Waals surface area contributed by atoms with Crippen molar-refractivity contribution in [1.82, 2.24) is 10.3 Å². The summed E-state index contributed by atoms with van der Waals surface area (Å²) >= 11 is 0. The lowest BCUT2D eigenvalue weighted by Crippen LogP contribution is -2.40. The van der Waals surface area contributed by atoms with Crippen LogP contribution in [0, 0.1) is 5.92 Å². The third kappa shape index (κ3) is 2.77. The molecular weight excluding hydrogens is 234 g/mol. The Morgan fingerprint density at radius 3 is 3.11 bits per heavy atom. The van der Waals surface area contributed by atoms with Crippen LogP contribution in [-0.2, 0) is 9.59 Å². The van der Waals surface area contributed by atoms with E-state index in [9.17, 15) is 9.59 Å². The molecule has 2 N–H and O–H groups in total. The van der Waals surface area contributed by atoms with Gasteiger partial charge in [-0.2, -0.15) is 0 Å². The molecule has 1 aliphatic rings. The van der Waals surface area contributed by atoms with Crippen molar-refractivity contribution in [2.45, 2.75) is 12.8 Å². The van der Waals surface area contributed by atoms with Crippen LogP contribution in [0.15, 0.2) is 18.3 Å². The zero-order valence-electron chi connectivity index (χ0n) is 10.1. The maximum absolute atomic E-state index is 12.0. The van der Waals surface area contributed by atoms with Crippen molar-refractivity contribution < 1.29 is 14.3 Å². The molecule has 0 aromatic carbocycles. The van der Waals surface area contributed by atoms with Gasteiger partial charge in [-0.3, -0.25) is 9.59 Å². The molecule has 1 aromatic heterocycles. The highest BCUT2D eigenvalue weighted by atomic mass is 16.5. The fourth-order valence-corrected chi connectivity index (χ4v) is 1.84. The molecule has 1 saturated heterocycles. The van der Waals surface area contributed by atoms with Gasteiger partial charge >= 0.3 is 0 Å². The number of carbonyl (C=O) groups excluding carboxylic acids is 2. The van der Waals surface area contributed by atoms with Crippen LogP contribution in [-0.4, -0.2) is 30.5 Å². The van der Waals surface area contributed by atoms with Crippen molar-refractivity contribution in [2.75, 3.05) is 19.0 Å². The molecule has 2 rings (SSSR count). The zero-order valence-corrected chi connectivity index (χ0v) is 10.1. The number of nitrogens with one attached hydrogen (secondary N) is 2. The van der Waals surface area contributed by atoms with Gasteiger partial charge in [0.1, 0.15) is 5.69 Å². The van der Waals surface area contributed by atoms with Crippen LogP contribution in [0.5, 0.6) is 5.88 Å². The number of methoxy groups -OCH3 is 1. The predicted molar refractivity (Wildman–Crippen MR) is 65.2 cm³/mol. The van der Waals surface area contributed by atoms with Gasteiger partial charge in [0.25, 0.3) is 0 Å². The molecule has 2 heterocycles. The van der Waals surface area contributed by atoms with Crippen molar-refractivity contribution >= 4 is 17.5 Å². The fourth-order valence-electron chi connectivity index (χ4n) is 1.84. The van der Waals surface area contributed by atoms with Gasteiger partial charge in [0.15, 0.2) is 0 Å². The summed E-state index contributed by atoms with van der Waals surface area (Å²) in [6, 6.07) is 3.45. The summed E-state index contributed by atoms with van der Waals surface area (Å²) in [6.45, 7) is 0.382. The van der Waals surface area contributed by atoms with E-state index in [2.05, 4.69) is 15.6 Å². The van der Waals surface area contributed by atoms with Crippen LogP contribution in [0.2, 0.25) is 0 Å². The lowest BCUT2D eigenvalue weighted by atomic mass is 9.98. The quantitative estimate of drug-likeness (QED) is 0.820. The van der Waals surface area contributed by atoms with Gasteiger partial charge in [-0.05, 0) is 18.6 Å². The molecule has 1 aromatic rings. The number of nitrogens with zero attached hydrogens (tertiary/aromatic N) is 1. The third-order valence-electron chi connectivity index (χ3n) is 2.86. The van der Waals surface area contributed by atoms with Crippen molar-refractivity contribution in [3.63, 3.8) is 0 Å². The van der Waals surface area contributed by atoms with Gasteiger partial charge in [-0.1, -0.05) is 0 Å². The van der Waals surface area contributed by atoms with E-state index < -0.39 is 0 Å². The Kier molecular flexibility index (Phi) is 3.76. The molecule has 0 spiro atoms. The van der Waals surface area contributed by atoms with E-state index in [0.717, 1.165) is 0 Å². The first-order chi connectivity index (χ1) is 8.70. The average molecular weight is 249 g/mol. The van der Waals surface area contributed by atoms with Crippen molar-refractivity contribution in [2.24, 2.45) is 5.92 Å². The van der Waals surface area contributed by atoms with Crippen LogP contribution in [0.1, 0.15) is 12.8 Å². The Hall–Kier alpha value is -2.11. The number of hydrogen-bond acceptors (Lipinski definition) is 4. The topological polar surface area (TPSA) is 80.3 Å². The normalized spacial score (nSPS) is 18.9. The molecule has 1 aliphatic heterocycles. The van der Waals surface area contributed by atoms with Crippen molar-refractivity contribution in [3.8, 4) is 5.88 Å². The van der Waals surface area contributed by atoms with E-state index >= 15 is 0 Å². The number of piperidine rings is 1. The Morgan fingerprint density at radius 1 is 1.61 bits per heavy atom. The maximum Gasteiger partial charge on any atom is 0.237 e. The number of pyridine rings is 1. The van der Waals surface area contributed by atoms with Crippen LogP contribution >= 0.6 is 0 Å². The highest BCUT2D eigenvalue weighted by Gasteiger charge is 2.25. The SMILES string of the molecule is COc1ncccc1NC(=O)[C@H]1CCC(=O)NC1. The molecule has 0 radical (unpaired) electrons. The standard InChI is InChI=1S/C12H15N3O3/c1-18-12-9(3-2-6-13-12)15-11(17)8-4-5-10(16)14-7-8/h2-3,6,8H,4-5,7H2,1H3,(H,14,16)(H,15,17)/t8-/m0/s1. The molecule has 6 heteroatoms. The summed E-state index contributed by atoms with van der Waals surface area (Å²) in [7, 11) is 1.50. The molecule has 0 aliphatic carbocycles. The Bertz CT molecular complexity index is 452. The second-order valence-electron chi connectivity index (χ2n) is 4.09. The highest BCUT2D eigenvalue weighted by molar-refractivity contribution is 5.94. The van der Waals surface area contributed by atoms with Crippen molar-refractivity contribution in [1.29, 1.82) is 0 Å². The summed E-state index contributed by atoms with van der Waals surface area (Å²) in [5.41, 5.74) is 0.543. The van der Waals surface area contributed by atoms with Crippen molar-refractivity contribution in [3.05, 3.63) is 18.3 Å². The minimum absolute atomic E-state index is 0.00184. The van der Waals surface area contributed by atoms with Crippen LogP contribution in [0.3, 0.4) is 0 Å². The smallest absolute Gasteiger partial charge is 0.237 e. The van der Waals surface area contributed by atoms with Gasteiger partial charge in [0.2, 0.25) is 17.7 Å². The van der Waals surface area contributed by atoms with Crippen LogP contribution in [0.25, 0.3) is 0 Å². The number of anilines is 1. The van der Waals surface area contributed by atoms with Gasteiger partial charge in [0.05, 0.1) is 13.0 Å². The lowest BCUT2D eigenvalue weighted by molar-refractivity contribution is -0.126. The first-order valence-electron chi connectivity index (χ1n) is 5.77. The first kappa shape index (κ1) is 12.3. The number of amides is 2. The number of ether oxygens (including phenoxy) is 1.